The van der Waals surface area contributed by atoms with Crippen molar-refractivity contribution in [2.24, 2.45) is 0 Å². The third-order valence-corrected chi connectivity index (χ3v) is 7.49. The molecule has 10 heteroatoms. The van der Waals surface area contributed by atoms with Gasteiger partial charge in [0.1, 0.15) is 24.7 Å². The molecule has 0 amide bonds. The van der Waals surface area contributed by atoms with Gasteiger partial charge in [-0.05, 0) is 33.1 Å². The van der Waals surface area contributed by atoms with Gasteiger partial charge in [-0.15, -0.1) is 0 Å². The first kappa shape index (κ1) is 37.3. The Balaban J connectivity index is 1.99. The van der Waals surface area contributed by atoms with Gasteiger partial charge in [-0.1, -0.05) is 70.2 Å². The zero-order chi connectivity index (χ0) is 34.3. The first-order chi connectivity index (χ1) is 22.6. The van der Waals surface area contributed by atoms with E-state index in [2.05, 4.69) is 27.0 Å². The van der Waals surface area contributed by atoms with Crippen molar-refractivity contribution in [3.8, 4) is 11.5 Å². The van der Waals surface area contributed by atoms with Crippen molar-refractivity contribution in [2.45, 2.75) is 78.4 Å². The van der Waals surface area contributed by atoms with Crippen LogP contribution in [0.5, 0.6) is 11.5 Å². The molecule has 256 valence electrons. The number of allylic oxidation sites excluding steroid dienone is 1. The quantitative estimate of drug-likeness (QED) is 0.0931. The Labute approximate surface area is 277 Å². The van der Waals surface area contributed by atoms with E-state index in [1.807, 2.05) is 24.3 Å². The van der Waals surface area contributed by atoms with E-state index in [1.54, 1.807) is 19.9 Å². The van der Waals surface area contributed by atoms with Gasteiger partial charge >= 0.3 is 17.9 Å². The van der Waals surface area contributed by atoms with Crippen LogP contribution in [0.15, 0.2) is 60.2 Å². The average Bonchev–Trinajstić information content (AvgIpc) is 3.05. The van der Waals surface area contributed by atoms with Gasteiger partial charge in [-0.2, -0.15) is 0 Å². The fourth-order valence-corrected chi connectivity index (χ4v) is 4.87. The van der Waals surface area contributed by atoms with E-state index in [-0.39, 0.29) is 56.0 Å². The van der Waals surface area contributed by atoms with Gasteiger partial charge in [0.05, 0.1) is 13.2 Å². The van der Waals surface area contributed by atoms with Crippen LogP contribution in [-0.2, 0) is 46.2 Å². The zero-order valence-electron chi connectivity index (χ0n) is 28.1. The van der Waals surface area contributed by atoms with Crippen LogP contribution >= 0.6 is 0 Å². The Bertz CT molecular complexity index is 1460. The van der Waals surface area contributed by atoms with Gasteiger partial charge in [0.25, 0.3) is 0 Å². The van der Waals surface area contributed by atoms with E-state index in [0.29, 0.717) is 35.7 Å². The molecule has 1 aliphatic rings. The molecule has 1 N–H and O–H groups in total. The molecule has 10 nitrogen and oxygen atoms in total. The molecular weight excluding hydrogens is 604 g/mol. The number of aliphatic carboxylic acids is 1. The zero-order valence-corrected chi connectivity index (χ0v) is 28.1. The summed E-state index contributed by atoms with van der Waals surface area (Å²) in [7, 11) is 0. The molecule has 0 radical (unpaired) electrons. The summed E-state index contributed by atoms with van der Waals surface area (Å²) in [5, 5.41) is 11.3. The lowest BCUT2D eigenvalue weighted by Crippen LogP contribution is -2.31. The topological polar surface area (TPSA) is 127 Å². The van der Waals surface area contributed by atoms with Crippen LogP contribution in [0, 0.1) is 0 Å². The summed E-state index contributed by atoms with van der Waals surface area (Å²) in [6.07, 6.45) is 4.28. The number of ether oxygens (including phenoxy) is 6. The number of carboxylic acid groups (broad SMARTS) is 1. The second-order valence-corrected chi connectivity index (χ2v) is 11.7. The molecular formula is C37H48O10. The van der Waals surface area contributed by atoms with Crippen molar-refractivity contribution in [3.63, 3.8) is 0 Å². The monoisotopic (exact) mass is 652 g/mol. The van der Waals surface area contributed by atoms with Gasteiger partial charge in [0, 0.05) is 58.3 Å². The van der Waals surface area contributed by atoms with Gasteiger partial charge in [0.2, 0.25) is 0 Å². The second-order valence-electron chi connectivity index (χ2n) is 11.7. The molecule has 47 heavy (non-hydrogen) atoms. The predicted octanol–water partition coefficient (Wildman–Crippen LogP) is 6.32. The lowest BCUT2D eigenvalue weighted by atomic mass is 9.87. The maximum atomic E-state index is 12.4. The van der Waals surface area contributed by atoms with E-state index in [9.17, 15) is 19.5 Å². The molecule has 2 aromatic rings. The highest BCUT2D eigenvalue weighted by molar-refractivity contribution is 5.98. The van der Waals surface area contributed by atoms with E-state index in [4.69, 9.17) is 28.4 Å². The number of benzene rings is 2. The Morgan fingerprint density at radius 3 is 1.66 bits per heavy atom. The van der Waals surface area contributed by atoms with E-state index in [0.717, 1.165) is 36.6 Å². The van der Waals surface area contributed by atoms with Crippen molar-refractivity contribution in [1.82, 2.24) is 0 Å². The summed E-state index contributed by atoms with van der Waals surface area (Å²) in [6, 6.07) is 7.49. The van der Waals surface area contributed by atoms with Crippen molar-refractivity contribution in [1.29, 1.82) is 0 Å². The van der Waals surface area contributed by atoms with Crippen LogP contribution in [0.25, 0.3) is 10.8 Å². The smallest absolute Gasteiger partial charge is 0.333 e. The minimum absolute atomic E-state index is 0.00527. The molecule has 0 spiro atoms. The number of hydrogen-bond donors (Lipinski definition) is 1. The highest BCUT2D eigenvalue weighted by Crippen LogP contribution is 2.44. The van der Waals surface area contributed by atoms with E-state index in [1.165, 1.54) is 0 Å². The number of carbonyl (C=O) groups is 3. The predicted molar refractivity (Wildman–Crippen MR) is 179 cm³/mol. The molecule has 0 heterocycles. The van der Waals surface area contributed by atoms with Gasteiger partial charge < -0.3 is 33.5 Å². The highest BCUT2D eigenvalue weighted by Gasteiger charge is 2.28. The Morgan fingerprint density at radius 1 is 0.766 bits per heavy atom. The number of fused-ring (bicyclic) bond motifs is 2. The SMILES string of the molecule is C=C(C)C(=O)OC(COCCCC)COc1c2c(c(OCC(COCCCC)OC(=O)C(=C)C)c3ccccc13)CC(C(=O)O)=CC2. The van der Waals surface area contributed by atoms with Crippen molar-refractivity contribution in [3.05, 3.63) is 71.3 Å². The van der Waals surface area contributed by atoms with Crippen LogP contribution in [0.1, 0.15) is 64.5 Å². The van der Waals surface area contributed by atoms with E-state index >= 15 is 0 Å². The number of carboxylic acids is 1. The summed E-state index contributed by atoms with van der Waals surface area (Å²) in [6.45, 7) is 15.9. The minimum atomic E-state index is -1.02. The van der Waals surface area contributed by atoms with Crippen molar-refractivity contribution >= 4 is 28.7 Å². The van der Waals surface area contributed by atoms with Crippen LogP contribution in [0.3, 0.4) is 0 Å². The average molecular weight is 653 g/mol. The molecule has 0 bridgehead atoms. The maximum absolute atomic E-state index is 12.4. The molecule has 0 saturated heterocycles. The van der Waals surface area contributed by atoms with E-state index < -0.39 is 30.1 Å². The standard InChI is InChI=1S/C37H48O10/c1-7-9-17-42-20-27(46-36(40)24(3)4)22-44-33-29-13-11-12-14-30(29)34(32-19-26(35(38)39)15-16-31(32)33)45-23-28(21-43-18-10-8-2)47-37(41)25(5)6/h11-15,27-28H,3,5,7-10,16-23H2,1-2,4,6H3,(H,38,39). The third kappa shape index (κ3) is 11.0. The first-order valence-corrected chi connectivity index (χ1v) is 16.2. The molecule has 1 aliphatic carbocycles. The number of esters is 2. The summed E-state index contributed by atoms with van der Waals surface area (Å²) in [4.78, 5) is 36.9. The van der Waals surface area contributed by atoms with Crippen LogP contribution in [0.4, 0.5) is 0 Å². The molecule has 0 aromatic heterocycles. The Hall–Kier alpha value is -4.15. The minimum Gasteiger partial charge on any atom is -0.489 e. The molecule has 0 saturated carbocycles. The van der Waals surface area contributed by atoms with Crippen LogP contribution in [-0.4, -0.2) is 74.9 Å². The molecule has 2 aromatic carbocycles. The fraction of sp³-hybridized carbons (Fsp3) is 0.486. The first-order valence-electron chi connectivity index (χ1n) is 16.2. The number of unbranched alkanes of at least 4 members (excludes halogenated alkanes) is 2. The largest absolute Gasteiger partial charge is 0.489 e. The summed E-state index contributed by atoms with van der Waals surface area (Å²) >= 11 is 0. The lowest BCUT2D eigenvalue weighted by Gasteiger charge is -2.27. The summed E-state index contributed by atoms with van der Waals surface area (Å²) < 4.78 is 35.7. The Morgan fingerprint density at radius 2 is 1.23 bits per heavy atom. The third-order valence-electron chi connectivity index (χ3n) is 7.49. The van der Waals surface area contributed by atoms with Gasteiger partial charge in [0.15, 0.2) is 12.2 Å². The fourth-order valence-electron chi connectivity index (χ4n) is 4.87. The highest BCUT2D eigenvalue weighted by atomic mass is 16.6. The van der Waals surface area contributed by atoms with Gasteiger partial charge in [-0.25, -0.2) is 14.4 Å². The number of carbonyl (C=O) groups excluding carboxylic acids is 2. The van der Waals surface area contributed by atoms with Crippen molar-refractivity contribution < 1.29 is 47.9 Å². The maximum Gasteiger partial charge on any atom is 0.333 e. The van der Waals surface area contributed by atoms with Crippen molar-refractivity contribution in [2.75, 3.05) is 39.6 Å². The number of rotatable bonds is 21. The molecule has 3 rings (SSSR count). The normalized spacial score (nSPS) is 13.6. The Kier molecular flexibility index (Phi) is 15.0. The number of hydrogen-bond acceptors (Lipinski definition) is 9. The van der Waals surface area contributed by atoms with Gasteiger partial charge in [-0.3, -0.25) is 0 Å². The second kappa shape index (κ2) is 18.9. The summed E-state index contributed by atoms with van der Waals surface area (Å²) in [5.41, 5.74) is 2.17. The summed E-state index contributed by atoms with van der Waals surface area (Å²) in [5.74, 6) is -1.09. The van der Waals surface area contributed by atoms with Crippen LogP contribution < -0.4 is 9.47 Å². The lowest BCUT2D eigenvalue weighted by molar-refractivity contribution is -0.150. The molecule has 0 fully saturated rings. The van der Waals surface area contributed by atoms with Crippen LogP contribution in [0.2, 0.25) is 0 Å². The molecule has 2 unspecified atom stereocenters. The molecule has 0 aliphatic heterocycles. The molecule has 2 atom stereocenters.